The summed E-state index contributed by atoms with van der Waals surface area (Å²) < 4.78 is 6.23. The molecule has 3 aromatic rings. The molecule has 2 heterocycles. The van der Waals surface area contributed by atoms with E-state index in [1.54, 1.807) is 6.08 Å². The van der Waals surface area contributed by atoms with Gasteiger partial charge in [0.15, 0.2) is 0 Å². The van der Waals surface area contributed by atoms with E-state index in [0.717, 1.165) is 39.7 Å². The van der Waals surface area contributed by atoms with Gasteiger partial charge in [-0.2, -0.15) is 14.6 Å². The summed E-state index contributed by atoms with van der Waals surface area (Å²) in [6.07, 6.45) is 3.47. The largest absolute Gasteiger partial charge is 0.318 e. The first-order valence-corrected chi connectivity index (χ1v) is 10.5. The van der Waals surface area contributed by atoms with E-state index in [2.05, 4.69) is 38.3 Å². The van der Waals surface area contributed by atoms with Crippen LogP contribution in [-0.4, -0.2) is 26.1 Å². The number of carbonyl (C=O) groups excluding carboxylic acids is 1. The van der Waals surface area contributed by atoms with E-state index in [9.17, 15) is 10.1 Å². The summed E-state index contributed by atoms with van der Waals surface area (Å²) >= 11 is 2.48. The topological polar surface area (TPSA) is 83.6 Å². The lowest BCUT2D eigenvalue weighted by molar-refractivity contribution is -0.112. The number of amides is 1. The highest BCUT2D eigenvalue weighted by atomic mass is 32.2. The van der Waals surface area contributed by atoms with Crippen molar-refractivity contribution in [2.45, 2.75) is 25.9 Å². The van der Waals surface area contributed by atoms with E-state index in [-0.39, 0.29) is 5.57 Å². The second-order valence-electron chi connectivity index (χ2n) is 6.16. The van der Waals surface area contributed by atoms with Crippen molar-refractivity contribution in [1.29, 1.82) is 5.26 Å². The van der Waals surface area contributed by atoms with Crippen molar-refractivity contribution in [1.82, 2.24) is 13.9 Å². The standard InChI is InChI=1S/C20H19N5OS2/c1-12-7-5-6-8-17(12)25-13(2)9-15(14(25)3)10-16(11-21)18(26)22-19-23-20(27-4)24-28-19/h5-10H,1-4H3,(H,22,23,24,26)/b16-10-. The van der Waals surface area contributed by atoms with Crippen LogP contribution >= 0.6 is 23.3 Å². The Balaban J connectivity index is 1.93. The van der Waals surface area contributed by atoms with E-state index >= 15 is 0 Å². The summed E-state index contributed by atoms with van der Waals surface area (Å²) in [5.41, 5.74) is 5.08. The maximum absolute atomic E-state index is 12.5. The van der Waals surface area contributed by atoms with Crippen molar-refractivity contribution in [3.05, 3.63) is 58.4 Å². The third-order valence-electron chi connectivity index (χ3n) is 4.30. The lowest BCUT2D eigenvalue weighted by atomic mass is 10.1. The minimum Gasteiger partial charge on any atom is -0.318 e. The molecule has 0 bridgehead atoms. The van der Waals surface area contributed by atoms with E-state index in [0.29, 0.717) is 10.3 Å². The maximum Gasteiger partial charge on any atom is 0.268 e. The number of anilines is 1. The van der Waals surface area contributed by atoms with Gasteiger partial charge in [0.05, 0.1) is 0 Å². The van der Waals surface area contributed by atoms with Crippen molar-refractivity contribution in [3.63, 3.8) is 0 Å². The number of aromatic nitrogens is 3. The predicted octanol–water partition coefficient (Wildman–Crippen LogP) is 4.52. The van der Waals surface area contributed by atoms with Gasteiger partial charge in [-0.05, 0) is 56.4 Å². The van der Waals surface area contributed by atoms with E-state index in [1.165, 1.54) is 11.8 Å². The van der Waals surface area contributed by atoms with Gasteiger partial charge in [-0.15, -0.1) is 0 Å². The minimum absolute atomic E-state index is 0.0194. The first-order valence-electron chi connectivity index (χ1n) is 8.50. The molecule has 0 saturated heterocycles. The Morgan fingerprint density at radius 3 is 2.71 bits per heavy atom. The third-order valence-corrected chi connectivity index (χ3v) is 5.60. The van der Waals surface area contributed by atoms with Crippen LogP contribution in [0.5, 0.6) is 0 Å². The van der Waals surface area contributed by atoms with Gasteiger partial charge in [0.25, 0.3) is 5.91 Å². The second-order valence-corrected chi connectivity index (χ2v) is 7.68. The Morgan fingerprint density at radius 1 is 1.32 bits per heavy atom. The number of hydrogen-bond acceptors (Lipinski definition) is 6. The number of hydrogen-bond donors (Lipinski definition) is 1. The molecule has 6 nitrogen and oxygen atoms in total. The van der Waals surface area contributed by atoms with Crippen molar-refractivity contribution < 1.29 is 4.79 Å². The van der Waals surface area contributed by atoms with Gasteiger partial charge in [-0.25, -0.2) is 0 Å². The van der Waals surface area contributed by atoms with Crippen molar-refractivity contribution in [2.75, 3.05) is 11.6 Å². The predicted molar refractivity (Wildman–Crippen MR) is 114 cm³/mol. The summed E-state index contributed by atoms with van der Waals surface area (Å²) in [6.45, 7) is 6.05. The first kappa shape index (κ1) is 19.9. The number of para-hydroxylation sites is 1. The molecule has 3 rings (SSSR count). The molecule has 8 heteroatoms. The minimum atomic E-state index is -0.494. The van der Waals surface area contributed by atoms with Crippen LogP contribution in [0.3, 0.4) is 0 Å². The van der Waals surface area contributed by atoms with Gasteiger partial charge < -0.3 is 4.57 Å². The number of rotatable bonds is 5. The number of benzene rings is 1. The highest BCUT2D eigenvalue weighted by molar-refractivity contribution is 7.98. The van der Waals surface area contributed by atoms with Crippen LogP contribution in [0, 0.1) is 32.1 Å². The normalized spacial score (nSPS) is 11.3. The SMILES string of the molecule is CSc1nsc(NC(=O)/C(C#N)=C\c2cc(C)n(-c3ccccc3C)c2C)n1. The summed E-state index contributed by atoms with van der Waals surface area (Å²) in [5, 5.41) is 13.1. The molecule has 1 amide bonds. The van der Waals surface area contributed by atoms with Gasteiger partial charge in [-0.3, -0.25) is 10.1 Å². The van der Waals surface area contributed by atoms with Crippen LogP contribution in [0.25, 0.3) is 11.8 Å². The number of nitriles is 1. The Labute approximate surface area is 172 Å². The molecule has 142 valence electrons. The van der Waals surface area contributed by atoms with Crippen LogP contribution in [0.15, 0.2) is 41.1 Å². The molecule has 0 aliphatic carbocycles. The highest BCUT2D eigenvalue weighted by Gasteiger charge is 2.16. The van der Waals surface area contributed by atoms with Crippen molar-refractivity contribution in [2.24, 2.45) is 0 Å². The number of thioether (sulfide) groups is 1. The van der Waals surface area contributed by atoms with Gasteiger partial charge in [-0.1, -0.05) is 30.0 Å². The average Bonchev–Trinajstić information content (AvgIpc) is 3.24. The van der Waals surface area contributed by atoms with Crippen LogP contribution in [0.1, 0.15) is 22.5 Å². The summed E-state index contributed by atoms with van der Waals surface area (Å²) in [5.74, 6) is -0.494. The number of nitrogens with one attached hydrogen (secondary N) is 1. The molecule has 0 unspecified atom stereocenters. The molecule has 0 radical (unpaired) electrons. The number of carbonyl (C=O) groups is 1. The van der Waals surface area contributed by atoms with Crippen molar-refractivity contribution in [3.8, 4) is 11.8 Å². The molecule has 0 aliphatic heterocycles. The first-order chi connectivity index (χ1) is 13.4. The molecule has 1 N–H and O–H groups in total. The average molecular weight is 410 g/mol. The fourth-order valence-electron chi connectivity index (χ4n) is 2.93. The van der Waals surface area contributed by atoms with Gasteiger partial charge in [0.1, 0.15) is 11.6 Å². The third kappa shape index (κ3) is 4.01. The van der Waals surface area contributed by atoms with Gasteiger partial charge in [0, 0.05) is 28.6 Å². The quantitative estimate of drug-likeness (QED) is 0.380. The lowest BCUT2D eigenvalue weighted by Gasteiger charge is -2.12. The Kier molecular flexibility index (Phi) is 5.97. The van der Waals surface area contributed by atoms with Crippen LogP contribution in [0.2, 0.25) is 0 Å². The lowest BCUT2D eigenvalue weighted by Crippen LogP contribution is -2.13. The molecule has 0 fully saturated rings. The Bertz CT molecular complexity index is 1100. The zero-order valence-electron chi connectivity index (χ0n) is 16.0. The molecule has 0 atom stereocenters. The zero-order chi connectivity index (χ0) is 20.3. The molecule has 0 aliphatic rings. The number of nitrogens with zero attached hydrogens (tertiary/aromatic N) is 4. The summed E-state index contributed by atoms with van der Waals surface area (Å²) in [6, 6.07) is 12.1. The van der Waals surface area contributed by atoms with Crippen molar-refractivity contribution >= 4 is 40.4 Å². The molecular formula is C20H19N5OS2. The molecule has 28 heavy (non-hydrogen) atoms. The number of aryl methyl sites for hydroxylation is 2. The van der Waals surface area contributed by atoms with Gasteiger partial charge in [0.2, 0.25) is 10.3 Å². The maximum atomic E-state index is 12.5. The highest BCUT2D eigenvalue weighted by Crippen LogP contribution is 2.25. The fourth-order valence-corrected chi connectivity index (χ4v) is 4.05. The summed E-state index contributed by atoms with van der Waals surface area (Å²) in [7, 11) is 0. The van der Waals surface area contributed by atoms with Crippen LogP contribution < -0.4 is 5.32 Å². The van der Waals surface area contributed by atoms with Crippen LogP contribution in [0.4, 0.5) is 5.13 Å². The van der Waals surface area contributed by atoms with Gasteiger partial charge >= 0.3 is 0 Å². The molecule has 0 saturated carbocycles. The molecule has 2 aromatic heterocycles. The van der Waals surface area contributed by atoms with E-state index in [4.69, 9.17) is 0 Å². The molecular weight excluding hydrogens is 390 g/mol. The summed E-state index contributed by atoms with van der Waals surface area (Å²) in [4.78, 5) is 16.7. The molecule has 0 spiro atoms. The zero-order valence-corrected chi connectivity index (χ0v) is 17.6. The Hall–Kier alpha value is -2.89. The van der Waals surface area contributed by atoms with E-state index < -0.39 is 5.91 Å². The monoisotopic (exact) mass is 409 g/mol. The fraction of sp³-hybridized carbons (Fsp3) is 0.200. The second kappa shape index (κ2) is 8.42. The van der Waals surface area contributed by atoms with Crippen LogP contribution in [-0.2, 0) is 4.79 Å². The van der Waals surface area contributed by atoms with E-state index in [1.807, 2.05) is 44.4 Å². The molecule has 1 aromatic carbocycles. The Morgan fingerprint density at radius 2 is 2.07 bits per heavy atom. The smallest absolute Gasteiger partial charge is 0.268 e.